The zero-order valence-electron chi connectivity index (χ0n) is 14.7. The summed E-state index contributed by atoms with van der Waals surface area (Å²) in [6.07, 6.45) is 0. The fourth-order valence-electron chi connectivity index (χ4n) is 2.41. The van der Waals surface area contributed by atoms with Gasteiger partial charge in [-0.25, -0.2) is 0 Å². The number of aliphatic imine (C=N–C) groups is 1. The molecule has 0 aromatic heterocycles. The van der Waals surface area contributed by atoms with E-state index in [0.29, 0.717) is 24.0 Å². The molecule has 1 aliphatic heterocycles. The third-order valence-corrected chi connectivity index (χ3v) is 4.36. The largest absolute Gasteiger partial charge is 0.355 e. The second kappa shape index (κ2) is 9.84. The Balaban J connectivity index is 0.00000400. The lowest BCUT2D eigenvalue weighted by Gasteiger charge is -2.24. The molecule has 21 heavy (non-hydrogen) atoms. The van der Waals surface area contributed by atoms with Crippen LogP contribution in [0.5, 0.6) is 0 Å². The molecule has 1 aliphatic rings. The summed E-state index contributed by atoms with van der Waals surface area (Å²) in [5.74, 6) is 1.57. The number of likely N-dealkylation sites (tertiary alicyclic amines) is 1. The molecule has 2 N–H and O–H groups in total. The minimum atomic E-state index is 0. The molecule has 0 amide bonds. The topological polar surface area (TPSA) is 42.9 Å². The summed E-state index contributed by atoms with van der Waals surface area (Å²) in [4.78, 5) is 9.08. The van der Waals surface area contributed by atoms with Gasteiger partial charge in [-0.3, -0.25) is 9.89 Å². The Morgan fingerprint density at radius 2 is 1.90 bits per heavy atom. The van der Waals surface area contributed by atoms with Crippen molar-refractivity contribution in [2.24, 2.45) is 10.9 Å². The Morgan fingerprint density at radius 3 is 2.33 bits per heavy atom. The van der Waals surface area contributed by atoms with E-state index in [1.807, 2.05) is 7.05 Å². The standard InChI is InChI=1S/C15H33N5.HI/c1-11(2)20-9-12(3)14(10-20)18-15(16-5)17-8-13(4)19(6)7;/h11-14H,8-10H2,1-7H3,(H2,16,17,18);1H. The zero-order valence-corrected chi connectivity index (χ0v) is 17.0. The van der Waals surface area contributed by atoms with Crippen LogP contribution >= 0.6 is 24.0 Å². The first-order valence-corrected chi connectivity index (χ1v) is 7.72. The van der Waals surface area contributed by atoms with Gasteiger partial charge in [-0.15, -0.1) is 24.0 Å². The number of nitrogens with zero attached hydrogens (tertiary/aromatic N) is 3. The summed E-state index contributed by atoms with van der Waals surface area (Å²) in [5, 5.41) is 6.99. The molecular weight excluding hydrogens is 377 g/mol. The van der Waals surface area contributed by atoms with Crippen LogP contribution in [0.3, 0.4) is 0 Å². The average Bonchev–Trinajstić information content (AvgIpc) is 2.75. The minimum absolute atomic E-state index is 0. The molecule has 3 atom stereocenters. The van der Waals surface area contributed by atoms with Crippen LogP contribution in [0.2, 0.25) is 0 Å². The van der Waals surface area contributed by atoms with E-state index in [9.17, 15) is 0 Å². The molecule has 0 aromatic rings. The summed E-state index contributed by atoms with van der Waals surface area (Å²) in [5.41, 5.74) is 0. The smallest absolute Gasteiger partial charge is 0.191 e. The molecule has 0 saturated carbocycles. The summed E-state index contributed by atoms with van der Waals surface area (Å²) in [6, 6.07) is 1.59. The van der Waals surface area contributed by atoms with E-state index in [0.717, 1.165) is 19.0 Å². The van der Waals surface area contributed by atoms with Crippen molar-refractivity contribution in [3.8, 4) is 0 Å². The highest BCUT2D eigenvalue weighted by Gasteiger charge is 2.31. The average molecular weight is 411 g/mol. The maximum atomic E-state index is 4.34. The van der Waals surface area contributed by atoms with E-state index in [2.05, 4.69) is 67.2 Å². The Kier molecular flexibility index (Phi) is 9.80. The van der Waals surface area contributed by atoms with Crippen molar-refractivity contribution >= 4 is 29.9 Å². The van der Waals surface area contributed by atoms with Gasteiger partial charge in [0.2, 0.25) is 0 Å². The van der Waals surface area contributed by atoms with Crippen molar-refractivity contribution in [2.75, 3.05) is 40.8 Å². The lowest BCUT2D eigenvalue weighted by atomic mass is 10.1. The first-order chi connectivity index (χ1) is 9.35. The maximum absolute atomic E-state index is 4.34. The van der Waals surface area contributed by atoms with Crippen molar-refractivity contribution in [1.82, 2.24) is 20.4 Å². The third-order valence-electron chi connectivity index (χ3n) is 4.36. The Bertz CT molecular complexity index is 319. The summed E-state index contributed by atoms with van der Waals surface area (Å²) in [7, 11) is 6.04. The van der Waals surface area contributed by atoms with E-state index in [4.69, 9.17) is 0 Å². The van der Waals surface area contributed by atoms with E-state index >= 15 is 0 Å². The maximum Gasteiger partial charge on any atom is 0.191 e. The van der Waals surface area contributed by atoms with Crippen LogP contribution in [-0.4, -0.2) is 74.7 Å². The van der Waals surface area contributed by atoms with Gasteiger partial charge in [0.05, 0.1) is 0 Å². The zero-order chi connectivity index (χ0) is 15.3. The van der Waals surface area contributed by atoms with E-state index in [1.165, 1.54) is 6.54 Å². The number of rotatable bonds is 5. The van der Waals surface area contributed by atoms with Crippen molar-refractivity contribution < 1.29 is 0 Å². The predicted molar refractivity (Wildman–Crippen MR) is 103 cm³/mol. The summed E-state index contributed by atoms with van der Waals surface area (Å²) >= 11 is 0. The number of nitrogens with one attached hydrogen (secondary N) is 2. The third kappa shape index (κ3) is 6.69. The summed E-state index contributed by atoms with van der Waals surface area (Å²) < 4.78 is 0. The molecule has 126 valence electrons. The second-order valence-corrected chi connectivity index (χ2v) is 6.54. The predicted octanol–water partition coefficient (Wildman–Crippen LogP) is 1.45. The fourth-order valence-corrected chi connectivity index (χ4v) is 2.41. The SMILES string of the molecule is CN=C(NCC(C)N(C)C)NC1CN(C(C)C)CC1C.I. The Hall–Kier alpha value is -0.0800. The van der Waals surface area contributed by atoms with Crippen molar-refractivity contribution in [1.29, 1.82) is 0 Å². The van der Waals surface area contributed by atoms with Crippen molar-refractivity contribution in [3.63, 3.8) is 0 Å². The van der Waals surface area contributed by atoms with Crippen LogP contribution in [-0.2, 0) is 0 Å². The van der Waals surface area contributed by atoms with Crippen molar-refractivity contribution in [2.45, 2.75) is 45.8 Å². The van der Waals surface area contributed by atoms with Crippen LogP contribution in [0, 0.1) is 5.92 Å². The molecule has 0 bridgehead atoms. The van der Waals surface area contributed by atoms with E-state index < -0.39 is 0 Å². The molecule has 5 nitrogen and oxygen atoms in total. The van der Waals surface area contributed by atoms with E-state index in [-0.39, 0.29) is 24.0 Å². The van der Waals surface area contributed by atoms with Gasteiger partial charge >= 0.3 is 0 Å². The molecule has 1 fully saturated rings. The van der Waals surface area contributed by atoms with Crippen molar-refractivity contribution in [3.05, 3.63) is 0 Å². The van der Waals surface area contributed by atoms with Gasteiger partial charge in [0.25, 0.3) is 0 Å². The molecule has 1 heterocycles. The molecule has 0 aliphatic carbocycles. The number of hydrogen-bond donors (Lipinski definition) is 2. The van der Waals surface area contributed by atoms with Crippen LogP contribution in [0.4, 0.5) is 0 Å². The minimum Gasteiger partial charge on any atom is -0.355 e. The molecule has 1 saturated heterocycles. The van der Waals surface area contributed by atoms with Gasteiger partial charge in [-0.05, 0) is 40.8 Å². The van der Waals surface area contributed by atoms with Crippen LogP contribution in [0.25, 0.3) is 0 Å². The first-order valence-electron chi connectivity index (χ1n) is 7.72. The van der Waals surface area contributed by atoms with Gasteiger partial charge in [-0.1, -0.05) is 6.92 Å². The lowest BCUT2D eigenvalue weighted by molar-refractivity contribution is 0.265. The monoisotopic (exact) mass is 411 g/mol. The van der Waals surface area contributed by atoms with Crippen LogP contribution < -0.4 is 10.6 Å². The van der Waals surface area contributed by atoms with Gasteiger partial charge in [0, 0.05) is 44.8 Å². The second-order valence-electron chi connectivity index (χ2n) is 6.54. The van der Waals surface area contributed by atoms with E-state index in [1.54, 1.807) is 0 Å². The summed E-state index contributed by atoms with van der Waals surface area (Å²) in [6.45, 7) is 12.2. The molecule has 0 aromatic carbocycles. The Morgan fingerprint density at radius 1 is 1.29 bits per heavy atom. The first kappa shape index (κ1) is 20.9. The fraction of sp³-hybridized carbons (Fsp3) is 0.933. The highest BCUT2D eigenvalue weighted by molar-refractivity contribution is 14.0. The van der Waals surface area contributed by atoms with Gasteiger partial charge in [0.1, 0.15) is 0 Å². The molecule has 6 heteroatoms. The molecule has 1 rings (SSSR count). The van der Waals surface area contributed by atoms with Crippen LogP contribution in [0.15, 0.2) is 4.99 Å². The molecule has 0 spiro atoms. The normalized spacial score (nSPS) is 25.1. The van der Waals surface area contributed by atoms with Gasteiger partial charge in [-0.2, -0.15) is 0 Å². The number of guanidine groups is 1. The number of likely N-dealkylation sites (N-methyl/N-ethyl adjacent to an activating group) is 1. The van der Waals surface area contributed by atoms with Gasteiger partial charge < -0.3 is 15.5 Å². The highest BCUT2D eigenvalue weighted by atomic mass is 127. The van der Waals surface area contributed by atoms with Gasteiger partial charge in [0.15, 0.2) is 5.96 Å². The number of hydrogen-bond acceptors (Lipinski definition) is 3. The van der Waals surface area contributed by atoms with Crippen LogP contribution in [0.1, 0.15) is 27.7 Å². The Labute approximate surface area is 148 Å². The lowest BCUT2D eigenvalue weighted by Crippen LogP contribution is -2.49. The highest BCUT2D eigenvalue weighted by Crippen LogP contribution is 2.18. The quantitative estimate of drug-likeness (QED) is 0.408. The molecular formula is C15H34IN5. The number of halogens is 1. The molecule has 3 unspecified atom stereocenters. The molecule has 0 radical (unpaired) electrons.